The van der Waals surface area contributed by atoms with Gasteiger partial charge in [-0.25, -0.2) is 0 Å². The van der Waals surface area contributed by atoms with Crippen LogP contribution in [0.1, 0.15) is 232 Å². The molecule has 0 aromatic carbocycles. The van der Waals surface area contributed by atoms with E-state index in [2.05, 4.69) is 62.5 Å². The minimum Gasteiger partial charge on any atom is -0.756 e. The molecule has 0 radical (unpaired) electrons. The second-order valence-corrected chi connectivity index (χ2v) is 20.7. The number of ether oxygens (including phenoxy) is 2. The fraction of sp³-hybridized carbons (Fsp3) is 0.786. The van der Waals surface area contributed by atoms with Crippen molar-refractivity contribution < 1.29 is 42.1 Å². The van der Waals surface area contributed by atoms with Gasteiger partial charge in [0, 0.05) is 12.8 Å². The normalized spacial score (nSPS) is 13.8. The van der Waals surface area contributed by atoms with Crippen molar-refractivity contribution in [1.29, 1.82) is 0 Å². The first-order valence-electron chi connectivity index (χ1n) is 27.0. The molecule has 0 aliphatic heterocycles. The van der Waals surface area contributed by atoms with Gasteiger partial charge in [-0.1, -0.05) is 229 Å². The maximum Gasteiger partial charge on any atom is 0.306 e. The van der Waals surface area contributed by atoms with Crippen molar-refractivity contribution in [3.05, 3.63) is 60.8 Å². The van der Waals surface area contributed by atoms with E-state index < -0.39 is 32.5 Å². The summed E-state index contributed by atoms with van der Waals surface area (Å²) < 4.78 is 34.0. The van der Waals surface area contributed by atoms with Gasteiger partial charge < -0.3 is 27.9 Å². The van der Waals surface area contributed by atoms with Gasteiger partial charge in [-0.05, 0) is 51.4 Å². The Bertz CT molecular complexity index is 1300. The Labute approximate surface area is 406 Å². The van der Waals surface area contributed by atoms with Crippen LogP contribution in [0.25, 0.3) is 0 Å². The molecule has 0 heterocycles. The van der Waals surface area contributed by atoms with Crippen LogP contribution in [0, 0.1) is 0 Å². The number of phosphoric acid groups is 1. The van der Waals surface area contributed by atoms with Gasteiger partial charge in [0.1, 0.15) is 19.8 Å². The van der Waals surface area contributed by atoms with E-state index >= 15 is 0 Å². The predicted octanol–water partition coefficient (Wildman–Crippen LogP) is 15.7. The number of allylic oxidation sites excluding steroid dienone is 10. The van der Waals surface area contributed by atoms with Gasteiger partial charge in [0.25, 0.3) is 7.82 Å². The van der Waals surface area contributed by atoms with Gasteiger partial charge >= 0.3 is 11.9 Å². The second kappa shape index (κ2) is 47.8. The highest BCUT2D eigenvalue weighted by molar-refractivity contribution is 7.45. The largest absolute Gasteiger partial charge is 0.756 e. The molecule has 0 spiro atoms. The molecular weight excluding hydrogens is 846 g/mol. The fourth-order valence-corrected chi connectivity index (χ4v) is 8.07. The van der Waals surface area contributed by atoms with Crippen molar-refractivity contribution in [2.24, 2.45) is 0 Å². The Kier molecular flexibility index (Phi) is 46.1. The number of unbranched alkanes of at least 4 members (excludes halogenated alkanes) is 25. The van der Waals surface area contributed by atoms with Crippen LogP contribution in [-0.2, 0) is 32.7 Å². The molecule has 0 saturated carbocycles. The summed E-state index contributed by atoms with van der Waals surface area (Å²) in [6.07, 6.45) is 59.9. The lowest BCUT2D eigenvalue weighted by atomic mass is 10.0. The van der Waals surface area contributed by atoms with Crippen molar-refractivity contribution in [2.75, 3.05) is 47.5 Å². The van der Waals surface area contributed by atoms with Crippen LogP contribution >= 0.6 is 7.82 Å². The zero-order chi connectivity index (χ0) is 48.5. The number of carbonyl (C=O) groups is 2. The molecule has 0 bridgehead atoms. The quantitative estimate of drug-likeness (QED) is 0.0195. The van der Waals surface area contributed by atoms with E-state index in [1.807, 2.05) is 33.3 Å². The molecule has 0 aliphatic carbocycles. The first-order chi connectivity index (χ1) is 32.0. The van der Waals surface area contributed by atoms with Crippen molar-refractivity contribution in [2.45, 2.75) is 238 Å². The number of quaternary nitrogens is 1. The number of likely N-dealkylation sites (N-methyl/N-ethyl adjacent to an activating group) is 1. The van der Waals surface area contributed by atoms with Crippen molar-refractivity contribution in [3.8, 4) is 0 Å². The molecule has 9 nitrogen and oxygen atoms in total. The monoisotopic (exact) mass is 948 g/mol. The summed E-state index contributed by atoms with van der Waals surface area (Å²) in [5.74, 6) is -0.924. The summed E-state index contributed by atoms with van der Waals surface area (Å²) in [6, 6.07) is 0. The molecule has 0 aromatic heterocycles. The van der Waals surface area contributed by atoms with Gasteiger partial charge in [-0.2, -0.15) is 0 Å². The first-order valence-corrected chi connectivity index (χ1v) is 28.5. The number of hydrogen-bond acceptors (Lipinski definition) is 8. The van der Waals surface area contributed by atoms with E-state index in [9.17, 15) is 19.0 Å². The lowest BCUT2D eigenvalue weighted by molar-refractivity contribution is -0.870. The van der Waals surface area contributed by atoms with Crippen LogP contribution in [-0.4, -0.2) is 70.0 Å². The fourth-order valence-electron chi connectivity index (χ4n) is 7.35. The third-order valence-corrected chi connectivity index (χ3v) is 12.5. The van der Waals surface area contributed by atoms with Crippen LogP contribution in [0.15, 0.2) is 60.8 Å². The van der Waals surface area contributed by atoms with E-state index in [-0.39, 0.29) is 26.1 Å². The van der Waals surface area contributed by atoms with Gasteiger partial charge in [0.2, 0.25) is 0 Å². The van der Waals surface area contributed by atoms with Gasteiger partial charge in [0.15, 0.2) is 6.10 Å². The zero-order valence-corrected chi connectivity index (χ0v) is 44.3. The molecule has 384 valence electrons. The number of hydrogen-bond donors (Lipinski definition) is 0. The minimum absolute atomic E-state index is 0.0425. The Hall–Kier alpha value is -2.29. The molecule has 0 aliphatic rings. The van der Waals surface area contributed by atoms with E-state index in [4.69, 9.17) is 18.5 Å². The molecule has 66 heavy (non-hydrogen) atoms. The highest BCUT2D eigenvalue weighted by Gasteiger charge is 2.21. The Morgan fingerprint density at radius 1 is 0.470 bits per heavy atom. The summed E-state index contributed by atoms with van der Waals surface area (Å²) in [4.78, 5) is 37.7. The van der Waals surface area contributed by atoms with Crippen molar-refractivity contribution in [3.63, 3.8) is 0 Å². The summed E-state index contributed by atoms with van der Waals surface area (Å²) >= 11 is 0. The molecule has 0 N–H and O–H groups in total. The molecule has 0 rings (SSSR count). The third-order valence-electron chi connectivity index (χ3n) is 11.6. The molecule has 2 atom stereocenters. The maximum atomic E-state index is 12.8. The van der Waals surface area contributed by atoms with Crippen LogP contribution in [0.5, 0.6) is 0 Å². The van der Waals surface area contributed by atoms with Crippen LogP contribution in [0.4, 0.5) is 0 Å². The Morgan fingerprint density at radius 3 is 1.27 bits per heavy atom. The lowest BCUT2D eigenvalue weighted by Crippen LogP contribution is -2.37. The standard InChI is InChI=1S/C56H102NO8P/c1-6-8-10-12-14-16-18-20-22-24-26-27-28-29-31-33-35-37-39-41-43-45-47-49-56(59)65-54(53-64-66(60,61)63-51-50-57(3,4)5)52-62-55(58)48-46-44-42-40-38-36-34-32-30-25-23-21-19-17-15-13-11-9-7-2/h15,17,21,23,30,32,36,38,42,44,54H,6-14,16,18-20,22,24-29,31,33-35,37,39-41,43,45-53H2,1-5H3/b17-15+,23-21+,32-30+,38-36+,44-42+/t54-/m1/s1. The number of rotatable bonds is 49. The topological polar surface area (TPSA) is 111 Å². The Balaban J connectivity index is 4.29. The van der Waals surface area contributed by atoms with Crippen LogP contribution in [0.2, 0.25) is 0 Å². The molecule has 0 saturated heterocycles. The lowest BCUT2D eigenvalue weighted by Gasteiger charge is -2.28. The van der Waals surface area contributed by atoms with Crippen molar-refractivity contribution in [1.82, 2.24) is 0 Å². The molecule has 10 heteroatoms. The predicted molar refractivity (Wildman–Crippen MR) is 277 cm³/mol. The van der Waals surface area contributed by atoms with E-state index in [0.717, 1.165) is 44.9 Å². The molecule has 0 aromatic rings. The van der Waals surface area contributed by atoms with Crippen LogP contribution in [0.3, 0.4) is 0 Å². The van der Waals surface area contributed by atoms with E-state index in [1.165, 1.54) is 148 Å². The van der Waals surface area contributed by atoms with Gasteiger partial charge in [-0.3, -0.25) is 14.2 Å². The molecule has 1 unspecified atom stereocenters. The summed E-state index contributed by atoms with van der Waals surface area (Å²) in [7, 11) is 1.13. The first kappa shape index (κ1) is 63.7. The second-order valence-electron chi connectivity index (χ2n) is 19.2. The highest BCUT2D eigenvalue weighted by Crippen LogP contribution is 2.38. The molecule has 0 fully saturated rings. The number of phosphoric ester groups is 1. The smallest absolute Gasteiger partial charge is 0.306 e. The average molecular weight is 948 g/mol. The highest BCUT2D eigenvalue weighted by atomic mass is 31.2. The SMILES string of the molecule is CCCCC/C=C/C/C=C/C/C=C/C/C=C/C/C=C/CCC(=O)OC[C@H](COP(=O)([O-])OCC[N+](C)(C)C)OC(=O)CCCCCCCCCCCCCCCCCCCCCCCCC. The molecular formula is C56H102NO8P. The number of carbonyl (C=O) groups excluding carboxylic acids is 2. The Morgan fingerprint density at radius 2 is 0.848 bits per heavy atom. The van der Waals surface area contributed by atoms with Gasteiger partial charge in [0.05, 0.1) is 27.7 Å². The molecule has 0 amide bonds. The average Bonchev–Trinajstić information content (AvgIpc) is 3.27. The number of nitrogens with zero attached hydrogens (tertiary/aromatic N) is 1. The van der Waals surface area contributed by atoms with Gasteiger partial charge in [-0.15, -0.1) is 0 Å². The zero-order valence-electron chi connectivity index (χ0n) is 43.4. The van der Waals surface area contributed by atoms with Crippen molar-refractivity contribution >= 4 is 19.8 Å². The van der Waals surface area contributed by atoms with Crippen LogP contribution < -0.4 is 4.89 Å². The summed E-state index contributed by atoms with van der Waals surface area (Å²) in [6.45, 7) is 4.15. The third kappa shape index (κ3) is 51.1. The minimum atomic E-state index is -4.65. The maximum absolute atomic E-state index is 12.8. The van der Waals surface area contributed by atoms with E-state index in [0.29, 0.717) is 23.9 Å². The van der Waals surface area contributed by atoms with E-state index in [1.54, 1.807) is 0 Å². The number of esters is 2. The summed E-state index contributed by atoms with van der Waals surface area (Å²) in [5, 5.41) is 0. The summed E-state index contributed by atoms with van der Waals surface area (Å²) in [5.41, 5.74) is 0.